The third-order valence-electron chi connectivity index (χ3n) is 1.55. The van der Waals surface area contributed by atoms with E-state index in [-0.39, 0.29) is 0 Å². The molecule has 0 spiro atoms. The third kappa shape index (κ3) is 1.33. The Morgan fingerprint density at radius 3 is 2.62 bits per heavy atom. The normalized spacial score (nSPS) is 10.2. The third-order valence-corrected chi connectivity index (χ3v) is 1.55. The molecular weight excluding hydrogens is 170 g/mol. The highest BCUT2D eigenvalue weighted by atomic mass is 16.1. The predicted octanol–water partition coefficient (Wildman–Crippen LogP) is -0.341. The molecule has 0 fully saturated rings. The molecule has 0 atom stereocenters. The van der Waals surface area contributed by atoms with E-state index in [0.29, 0.717) is 11.8 Å². The topological polar surface area (TPSA) is 76.5 Å². The minimum atomic E-state index is -0.398. The molecular formula is C7H7N5O. The molecule has 13 heavy (non-hydrogen) atoms. The van der Waals surface area contributed by atoms with Crippen LogP contribution >= 0.6 is 0 Å². The number of hydrogen-bond acceptors (Lipinski definition) is 4. The van der Waals surface area contributed by atoms with E-state index < -0.39 is 5.69 Å². The summed E-state index contributed by atoms with van der Waals surface area (Å²) in [5.41, 5.74) is -0.398. The van der Waals surface area contributed by atoms with Crippen LogP contribution in [0.15, 0.2) is 23.3 Å². The van der Waals surface area contributed by atoms with Gasteiger partial charge >= 0.3 is 5.69 Å². The van der Waals surface area contributed by atoms with Crippen molar-refractivity contribution < 1.29 is 0 Å². The molecule has 0 aromatic carbocycles. The second-order valence-electron chi connectivity index (χ2n) is 2.46. The molecule has 0 aliphatic carbocycles. The molecule has 0 aliphatic heterocycles. The van der Waals surface area contributed by atoms with Crippen LogP contribution in [0.4, 0.5) is 0 Å². The number of aromatic amines is 1. The predicted molar refractivity (Wildman–Crippen MR) is 44.5 cm³/mol. The van der Waals surface area contributed by atoms with Gasteiger partial charge in [-0.15, -0.1) is 0 Å². The smallest absolute Gasteiger partial charge is 0.244 e. The Kier molecular flexibility index (Phi) is 1.66. The lowest BCUT2D eigenvalue weighted by molar-refractivity contribution is 0.771. The van der Waals surface area contributed by atoms with Gasteiger partial charge in [-0.2, -0.15) is 4.98 Å². The van der Waals surface area contributed by atoms with Gasteiger partial charge < -0.3 is 0 Å². The molecule has 0 saturated heterocycles. The highest BCUT2D eigenvalue weighted by molar-refractivity contribution is 5.08. The van der Waals surface area contributed by atoms with Crippen LogP contribution in [0.2, 0.25) is 0 Å². The van der Waals surface area contributed by atoms with Crippen LogP contribution in [-0.4, -0.2) is 24.7 Å². The fraction of sp³-hybridized carbons (Fsp3) is 0.143. The van der Waals surface area contributed by atoms with E-state index in [2.05, 4.69) is 20.1 Å². The van der Waals surface area contributed by atoms with Crippen molar-refractivity contribution in [2.45, 2.75) is 6.92 Å². The van der Waals surface area contributed by atoms with Gasteiger partial charge in [0.1, 0.15) is 5.82 Å². The zero-order valence-electron chi connectivity index (χ0n) is 6.93. The highest BCUT2D eigenvalue weighted by Gasteiger charge is 2.04. The maximum absolute atomic E-state index is 10.8. The number of nitrogens with one attached hydrogen (secondary N) is 1. The first-order valence-electron chi connectivity index (χ1n) is 3.70. The van der Waals surface area contributed by atoms with Gasteiger partial charge in [-0.05, 0) is 13.0 Å². The summed E-state index contributed by atoms with van der Waals surface area (Å²) in [6.07, 6.45) is 3.19. The van der Waals surface area contributed by atoms with Crippen LogP contribution in [0.5, 0.6) is 0 Å². The second kappa shape index (κ2) is 2.81. The van der Waals surface area contributed by atoms with Gasteiger partial charge in [0.25, 0.3) is 0 Å². The Labute approximate surface area is 73.3 Å². The van der Waals surface area contributed by atoms with Gasteiger partial charge in [0.05, 0.1) is 0 Å². The summed E-state index contributed by atoms with van der Waals surface area (Å²) in [7, 11) is 0. The first-order valence-corrected chi connectivity index (χ1v) is 3.70. The van der Waals surface area contributed by atoms with Gasteiger partial charge in [0.2, 0.25) is 5.95 Å². The summed E-state index contributed by atoms with van der Waals surface area (Å²) in [4.78, 5) is 22.4. The van der Waals surface area contributed by atoms with Crippen LogP contribution < -0.4 is 5.69 Å². The van der Waals surface area contributed by atoms with Gasteiger partial charge in [-0.25, -0.2) is 24.5 Å². The molecule has 6 heteroatoms. The monoisotopic (exact) mass is 177 g/mol. The van der Waals surface area contributed by atoms with E-state index in [4.69, 9.17) is 0 Å². The van der Waals surface area contributed by atoms with E-state index in [1.54, 1.807) is 25.4 Å². The summed E-state index contributed by atoms with van der Waals surface area (Å²) < 4.78 is 1.43. The number of H-pyrrole nitrogens is 1. The Morgan fingerprint density at radius 1 is 1.38 bits per heavy atom. The summed E-state index contributed by atoms with van der Waals surface area (Å²) in [5, 5.41) is 2.49. The maximum Gasteiger partial charge on any atom is 0.361 e. The van der Waals surface area contributed by atoms with Crippen molar-refractivity contribution in [3.63, 3.8) is 0 Å². The zero-order valence-corrected chi connectivity index (χ0v) is 6.93. The molecule has 0 aliphatic rings. The number of rotatable bonds is 1. The lowest BCUT2D eigenvalue weighted by Crippen LogP contribution is -2.07. The van der Waals surface area contributed by atoms with Crippen LogP contribution in [0.3, 0.4) is 0 Å². The van der Waals surface area contributed by atoms with Crippen molar-refractivity contribution in [1.82, 2.24) is 24.7 Å². The average Bonchev–Trinajstić information content (AvgIpc) is 2.47. The maximum atomic E-state index is 10.8. The average molecular weight is 177 g/mol. The first kappa shape index (κ1) is 7.66. The molecule has 2 rings (SSSR count). The SMILES string of the molecule is Cc1nc(=O)[nH]n1-c1ncccn1. The van der Waals surface area contributed by atoms with Crippen molar-refractivity contribution in [3.05, 3.63) is 34.8 Å². The fourth-order valence-electron chi connectivity index (χ4n) is 1.000. The van der Waals surface area contributed by atoms with Crippen LogP contribution in [0, 0.1) is 6.92 Å². The molecule has 1 N–H and O–H groups in total. The first-order chi connectivity index (χ1) is 6.27. The molecule has 0 amide bonds. The van der Waals surface area contributed by atoms with Crippen molar-refractivity contribution in [3.8, 4) is 5.95 Å². The molecule has 0 unspecified atom stereocenters. The van der Waals surface area contributed by atoms with Gasteiger partial charge in [0.15, 0.2) is 0 Å². The van der Waals surface area contributed by atoms with Gasteiger partial charge in [-0.1, -0.05) is 0 Å². The fourth-order valence-corrected chi connectivity index (χ4v) is 1.000. The summed E-state index contributed by atoms with van der Waals surface area (Å²) in [5.74, 6) is 0.950. The zero-order chi connectivity index (χ0) is 9.26. The molecule has 2 aromatic rings. The molecule has 2 heterocycles. The highest BCUT2D eigenvalue weighted by Crippen LogP contribution is 1.96. The van der Waals surface area contributed by atoms with Crippen molar-refractivity contribution in [2.75, 3.05) is 0 Å². The Morgan fingerprint density at radius 2 is 2.08 bits per heavy atom. The Balaban J connectivity index is 2.59. The molecule has 0 bridgehead atoms. The molecule has 2 aromatic heterocycles. The second-order valence-corrected chi connectivity index (χ2v) is 2.46. The standard InChI is InChI=1S/C7H7N5O/c1-5-10-7(13)11-12(5)6-8-3-2-4-9-6/h2-4H,1H3,(H,11,13). The molecule has 0 radical (unpaired) electrons. The van der Waals surface area contributed by atoms with Crippen LogP contribution in [0.1, 0.15) is 5.82 Å². The number of nitrogens with zero attached hydrogens (tertiary/aromatic N) is 4. The van der Waals surface area contributed by atoms with Crippen LogP contribution in [0.25, 0.3) is 5.95 Å². The van der Waals surface area contributed by atoms with Crippen molar-refractivity contribution in [2.24, 2.45) is 0 Å². The van der Waals surface area contributed by atoms with Crippen molar-refractivity contribution in [1.29, 1.82) is 0 Å². The van der Waals surface area contributed by atoms with Crippen LogP contribution in [-0.2, 0) is 0 Å². The quantitative estimate of drug-likeness (QED) is 0.646. The van der Waals surface area contributed by atoms with E-state index >= 15 is 0 Å². The minimum absolute atomic E-state index is 0.398. The number of aryl methyl sites for hydroxylation is 1. The Hall–Kier alpha value is -1.98. The van der Waals surface area contributed by atoms with Gasteiger partial charge in [-0.3, -0.25) is 0 Å². The minimum Gasteiger partial charge on any atom is -0.244 e. The molecule has 6 nitrogen and oxygen atoms in total. The summed E-state index contributed by atoms with van der Waals surface area (Å²) in [6.45, 7) is 1.70. The lowest BCUT2D eigenvalue weighted by atomic mass is 10.6. The number of hydrogen-bond donors (Lipinski definition) is 1. The lowest BCUT2D eigenvalue weighted by Gasteiger charge is -1.98. The summed E-state index contributed by atoms with van der Waals surface area (Å²) in [6, 6.07) is 1.70. The van der Waals surface area contributed by atoms with Crippen molar-refractivity contribution >= 4 is 0 Å². The molecule has 66 valence electrons. The van der Waals surface area contributed by atoms with E-state index in [1.165, 1.54) is 4.68 Å². The van der Waals surface area contributed by atoms with Gasteiger partial charge in [0, 0.05) is 12.4 Å². The largest absolute Gasteiger partial charge is 0.361 e. The van der Waals surface area contributed by atoms with E-state index in [0.717, 1.165) is 0 Å². The molecule has 0 saturated carbocycles. The number of aromatic nitrogens is 5. The Bertz CT molecular complexity index is 457. The van der Waals surface area contributed by atoms with E-state index in [1.807, 2.05) is 0 Å². The van der Waals surface area contributed by atoms with E-state index in [9.17, 15) is 4.79 Å². The summed E-state index contributed by atoms with van der Waals surface area (Å²) >= 11 is 0.